The summed E-state index contributed by atoms with van der Waals surface area (Å²) in [4.78, 5) is 2.67. The van der Waals surface area contributed by atoms with Gasteiger partial charge in [-0.3, -0.25) is 0 Å². The van der Waals surface area contributed by atoms with E-state index in [1.165, 1.54) is 51.1 Å². The van der Waals surface area contributed by atoms with Crippen molar-refractivity contribution in [2.75, 3.05) is 25.4 Å². The van der Waals surface area contributed by atoms with Crippen LogP contribution in [-0.4, -0.2) is 41.6 Å². The van der Waals surface area contributed by atoms with Crippen LogP contribution >= 0.6 is 11.8 Å². The Kier molecular flexibility index (Phi) is 4.35. The van der Waals surface area contributed by atoms with E-state index in [1.54, 1.807) is 0 Å². The molecule has 0 spiro atoms. The van der Waals surface area contributed by atoms with Crippen LogP contribution in [-0.2, 0) is 0 Å². The van der Waals surface area contributed by atoms with E-state index in [2.05, 4.69) is 23.6 Å². The second-order valence-electron chi connectivity index (χ2n) is 5.22. The van der Waals surface area contributed by atoms with Crippen molar-refractivity contribution in [3.63, 3.8) is 0 Å². The third kappa shape index (κ3) is 3.65. The van der Waals surface area contributed by atoms with Gasteiger partial charge in [0.1, 0.15) is 0 Å². The molecule has 2 aliphatic rings. The van der Waals surface area contributed by atoms with Gasteiger partial charge in [-0.1, -0.05) is 6.92 Å². The van der Waals surface area contributed by atoms with Crippen molar-refractivity contribution in [3.8, 4) is 0 Å². The molecule has 1 aliphatic heterocycles. The lowest BCUT2D eigenvalue weighted by molar-refractivity contribution is 0.200. The molecule has 0 bridgehead atoms. The van der Waals surface area contributed by atoms with Gasteiger partial charge in [-0.15, -0.1) is 0 Å². The molecule has 0 amide bonds. The van der Waals surface area contributed by atoms with Crippen molar-refractivity contribution >= 4 is 11.8 Å². The standard InChI is InChI=1S/C12H24N2S/c1-10-8-14(6-7-15-10)9-11-2-4-12(13)5-3-11/h10-12H,2-9,13H2,1H3. The maximum absolute atomic E-state index is 5.94. The largest absolute Gasteiger partial charge is 0.328 e. The summed E-state index contributed by atoms with van der Waals surface area (Å²) in [5.41, 5.74) is 5.94. The molecule has 1 saturated heterocycles. The number of thioether (sulfide) groups is 1. The van der Waals surface area contributed by atoms with Crippen molar-refractivity contribution in [2.45, 2.75) is 43.9 Å². The zero-order valence-corrected chi connectivity index (χ0v) is 10.6. The fraction of sp³-hybridized carbons (Fsp3) is 1.00. The molecule has 1 heterocycles. The van der Waals surface area contributed by atoms with Crippen molar-refractivity contribution in [1.29, 1.82) is 0 Å². The SMILES string of the molecule is CC1CN(CC2CCC(N)CC2)CCS1. The Morgan fingerprint density at radius 3 is 2.67 bits per heavy atom. The first-order chi connectivity index (χ1) is 7.24. The van der Waals surface area contributed by atoms with Crippen molar-refractivity contribution in [3.05, 3.63) is 0 Å². The zero-order chi connectivity index (χ0) is 10.7. The molecule has 88 valence electrons. The lowest BCUT2D eigenvalue weighted by Gasteiger charge is -2.35. The van der Waals surface area contributed by atoms with Crippen LogP contribution in [0.5, 0.6) is 0 Å². The number of hydrogen-bond acceptors (Lipinski definition) is 3. The van der Waals surface area contributed by atoms with Crippen LogP contribution in [0.2, 0.25) is 0 Å². The van der Waals surface area contributed by atoms with E-state index in [9.17, 15) is 0 Å². The van der Waals surface area contributed by atoms with E-state index < -0.39 is 0 Å². The fourth-order valence-corrected chi connectivity index (χ4v) is 3.87. The summed E-state index contributed by atoms with van der Waals surface area (Å²) in [6.45, 7) is 6.29. The van der Waals surface area contributed by atoms with Crippen molar-refractivity contribution in [1.82, 2.24) is 4.90 Å². The maximum Gasteiger partial charge on any atom is 0.0147 e. The van der Waals surface area contributed by atoms with Gasteiger partial charge >= 0.3 is 0 Å². The van der Waals surface area contributed by atoms with Gasteiger partial charge in [0.25, 0.3) is 0 Å². The van der Waals surface area contributed by atoms with Crippen LogP contribution in [0.15, 0.2) is 0 Å². The first-order valence-electron chi connectivity index (χ1n) is 6.33. The van der Waals surface area contributed by atoms with Gasteiger partial charge in [0.05, 0.1) is 0 Å². The van der Waals surface area contributed by atoms with E-state index in [4.69, 9.17) is 5.73 Å². The van der Waals surface area contributed by atoms with Crippen LogP contribution in [0.1, 0.15) is 32.6 Å². The molecule has 1 atom stereocenters. The summed E-state index contributed by atoms with van der Waals surface area (Å²) >= 11 is 2.12. The Balaban J connectivity index is 1.71. The normalized spacial score (nSPS) is 39.2. The highest BCUT2D eigenvalue weighted by Gasteiger charge is 2.23. The smallest absolute Gasteiger partial charge is 0.0147 e. The van der Waals surface area contributed by atoms with E-state index in [0.29, 0.717) is 6.04 Å². The summed E-state index contributed by atoms with van der Waals surface area (Å²) in [6.07, 6.45) is 5.23. The molecular formula is C12H24N2S. The van der Waals surface area contributed by atoms with Crippen LogP contribution in [0.4, 0.5) is 0 Å². The Morgan fingerprint density at radius 2 is 2.00 bits per heavy atom. The van der Waals surface area contributed by atoms with Gasteiger partial charge in [-0.05, 0) is 31.6 Å². The molecule has 1 unspecified atom stereocenters. The molecule has 1 aliphatic carbocycles. The second kappa shape index (κ2) is 5.55. The average molecular weight is 228 g/mol. The summed E-state index contributed by atoms with van der Waals surface area (Å²) in [6, 6.07) is 0.497. The summed E-state index contributed by atoms with van der Waals surface area (Å²) < 4.78 is 0. The predicted octanol–water partition coefficient (Wildman–Crippen LogP) is 1.94. The highest BCUT2D eigenvalue weighted by atomic mass is 32.2. The van der Waals surface area contributed by atoms with Gasteiger partial charge in [-0.2, -0.15) is 11.8 Å². The lowest BCUT2D eigenvalue weighted by Crippen LogP contribution is -2.41. The molecule has 3 heteroatoms. The Labute approximate surface area is 98.0 Å². The maximum atomic E-state index is 5.94. The number of rotatable bonds is 2. The molecule has 0 aromatic carbocycles. The van der Waals surface area contributed by atoms with Crippen LogP contribution in [0.25, 0.3) is 0 Å². The zero-order valence-electron chi connectivity index (χ0n) is 9.82. The van der Waals surface area contributed by atoms with E-state index >= 15 is 0 Å². The first-order valence-corrected chi connectivity index (χ1v) is 7.38. The van der Waals surface area contributed by atoms with Gasteiger partial charge in [-0.25, -0.2) is 0 Å². The molecule has 2 nitrogen and oxygen atoms in total. The first kappa shape index (κ1) is 11.7. The molecule has 0 aromatic heterocycles. The highest BCUT2D eigenvalue weighted by Crippen LogP contribution is 2.26. The molecule has 15 heavy (non-hydrogen) atoms. The number of nitrogens with zero attached hydrogens (tertiary/aromatic N) is 1. The third-order valence-corrected chi connectivity index (χ3v) is 4.87. The van der Waals surface area contributed by atoms with Gasteiger partial charge in [0, 0.05) is 36.7 Å². The quantitative estimate of drug-likeness (QED) is 0.783. The summed E-state index contributed by atoms with van der Waals surface area (Å²) in [7, 11) is 0. The summed E-state index contributed by atoms with van der Waals surface area (Å²) in [5, 5.41) is 0.838. The summed E-state index contributed by atoms with van der Waals surface area (Å²) in [5.74, 6) is 2.26. The Hall–Kier alpha value is 0.270. The Morgan fingerprint density at radius 1 is 1.27 bits per heavy atom. The van der Waals surface area contributed by atoms with Crippen LogP contribution in [0.3, 0.4) is 0 Å². The van der Waals surface area contributed by atoms with E-state index in [0.717, 1.165) is 11.2 Å². The van der Waals surface area contributed by atoms with Gasteiger partial charge in [0.2, 0.25) is 0 Å². The molecule has 2 fully saturated rings. The van der Waals surface area contributed by atoms with Crippen molar-refractivity contribution < 1.29 is 0 Å². The van der Waals surface area contributed by atoms with Crippen LogP contribution < -0.4 is 5.73 Å². The minimum absolute atomic E-state index is 0.497. The minimum Gasteiger partial charge on any atom is -0.328 e. The fourth-order valence-electron chi connectivity index (χ4n) is 2.79. The monoisotopic (exact) mass is 228 g/mol. The lowest BCUT2D eigenvalue weighted by atomic mass is 9.86. The van der Waals surface area contributed by atoms with E-state index in [1.807, 2.05) is 0 Å². The molecule has 2 N–H and O–H groups in total. The second-order valence-corrected chi connectivity index (χ2v) is 6.77. The average Bonchev–Trinajstić information content (AvgIpc) is 2.22. The van der Waals surface area contributed by atoms with Crippen molar-refractivity contribution in [2.24, 2.45) is 11.7 Å². The predicted molar refractivity (Wildman–Crippen MR) is 68.3 cm³/mol. The Bertz CT molecular complexity index is 190. The molecular weight excluding hydrogens is 204 g/mol. The molecule has 1 saturated carbocycles. The van der Waals surface area contributed by atoms with E-state index in [-0.39, 0.29) is 0 Å². The van der Waals surface area contributed by atoms with Gasteiger partial charge in [0.15, 0.2) is 0 Å². The topological polar surface area (TPSA) is 29.3 Å². The highest BCUT2D eigenvalue weighted by molar-refractivity contribution is 7.99. The third-order valence-electron chi connectivity index (χ3n) is 3.73. The molecule has 0 aromatic rings. The molecule has 2 rings (SSSR count). The minimum atomic E-state index is 0.497. The van der Waals surface area contributed by atoms with Gasteiger partial charge < -0.3 is 10.6 Å². The number of hydrogen-bond donors (Lipinski definition) is 1. The number of nitrogens with two attached hydrogens (primary N) is 1. The van der Waals surface area contributed by atoms with Crippen LogP contribution in [0, 0.1) is 5.92 Å². The molecule has 0 radical (unpaired) electrons.